The molecular formula is C20H20N6O2. The molecule has 1 N–H and O–H groups in total. The summed E-state index contributed by atoms with van der Waals surface area (Å²) >= 11 is 0. The van der Waals surface area contributed by atoms with Crippen LogP contribution in [0.5, 0.6) is 0 Å². The molecule has 1 fully saturated rings. The minimum Gasteiger partial charge on any atom is -0.352 e. The molecule has 0 atom stereocenters. The van der Waals surface area contributed by atoms with Gasteiger partial charge in [-0.15, -0.1) is 0 Å². The van der Waals surface area contributed by atoms with Crippen LogP contribution in [0.3, 0.4) is 0 Å². The van der Waals surface area contributed by atoms with E-state index < -0.39 is 0 Å². The largest absolute Gasteiger partial charge is 0.352 e. The Bertz CT molecular complexity index is 1010. The first-order valence-corrected chi connectivity index (χ1v) is 9.09. The summed E-state index contributed by atoms with van der Waals surface area (Å²) in [5.74, 6) is 0.450. The fourth-order valence-electron chi connectivity index (χ4n) is 3.24. The summed E-state index contributed by atoms with van der Waals surface area (Å²) in [6.07, 6.45) is 4.76. The number of aromatic nitrogens is 3. The van der Waals surface area contributed by atoms with Crippen molar-refractivity contribution in [3.05, 3.63) is 54.6 Å². The monoisotopic (exact) mass is 376 g/mol. The van der Waals surface area contributed by atoms with E-state index >= 15 is 0 Å². The quantitative estimate of drug-likeness (QED) is 0.751. The van der Waals surface area contributed by atoms with Crippen LogP contribution in [0.2, 0.25) is 0 Å². The average molecular weight is 376 g/mol. The molecule has 0 unspecified atom stereocenters. The first kappa shape index (κ1) is 17.8. The number of anilines is 2. The number of amides is 2. The number of pyridine rings is 1. The highest BCUT2D eigenvalue weighted by atomic mass is 16.2. The van der Waals surface area contributed by atoms with E-state index in [2.05, 4.69) is 25.2 Å². The van der Waals surface area contributed by atoms with Gasteiger partial charge in [-0.05, 0) is 12.1 Å². The molecule has 0 radical (unpaired) electrons. The fraction of sp³-hybridized carbons (Fsp3) is 0.250. The van der Waals surface area contributed by atoms with Crippen LogP contribution in [-0.2, 0) is 4.79 Å². The van der Waals surface area contributed by atoms with Gasteiger partial charge in [-0.2, -0.15) is 0 Å². The van der Waals surface area contributed by atoms with Crippen LogP contribution in [0.4, 0.5) is 11.5 Å². The van der Waals surface area contributed by atoms with E-state index in [0.717, 1.165) is 10.9 Å². The summed E-state index contributed by atoms with van der Waals surface area (Å²) < 4.78 is 0. The molecule has 0 saturated carbocycles. The lowest BCUT2D eigenvalue weighted by Crippen LogP contribution is -2.48. The second-order valence-corrected chi connectivity index (χ2v) is 6.59. The Kier molecular flexibility index (Phi) is 4.84. The minimum absolute atomic E-state index is 0.0840. The topological polar surface area (TPSA) is 91.3 Å². The number of nitrogens with one attached hydrogen (secondary N) is 1. The molecule has 2 aromatic heterocycles. The first-order valence-electron chi connectivity index (χ1n) is 9.09. The van der Waals surface area contributed by atoms with Crippen LogP contribution in [0.25, 0.3) is 10.9 Å². The van der Waals surface area contributed by atoms with Crippen molar-refractivity contribution in [2.45, 2.75) is 6.92 Å². The van der Waals surface area contributed by atoms with Crippen LogP contribution in [0, 0.1) is 0 Å². The molecule has 0 spiro atoms. The molecule has 1 saturated heterocycles. The number of hydrogen-bond acceptors (Lipinski definition) is 6. The number of fused-ring (bicyclic) bond motifs is 1. The van der Waals surface area contributed by atoms with Gasteiger partial charge in [0.15, 0.2) is 0 Å². The van der Waals surface area contributed by atoms with Gasteiger partial charge in [0.2, 0.25) is 5.91 Å². The van der Waals surface area contributed by atoms with Crippen molar-refractivity contribution in [3.63, 3.8) is 0 Å². The highest BCUT2D eigenvalue weighted by Gasteiger charge is 2.20. The van der Waals surface area contributed by atoms with E-state index in [0.29, 0.717) is 37.7 Å². The second-order valence-electron chi connectivity index (χ2n) is 6.59. The second kappa shape index (κ2) is 7.59. The molecule has 1 aromatic carbocycles. The van der Waals surface area contributed by atoms with E-state index in [4.69, 9.17) is 0 Å². The maximum Gasteiger partial charge on any atom is 0.275 e. The standard InChI is InChI=1S/C20H20N6O2/c1-14(27)25-8-10-26(11-9-25)18-13-22-17(12-23-18)20(28)24-16-6-2-4-15-5-3-7-21-19(15)16/h2-7,12-13H,8-11H2,1H3,(H,24,28). The Morgan fingerprint density at radius 3 is 2.46 bits per heavy atom. The SMILES string of the molecule is CC(=O)N1CCN(c2cnc(C(=O)Nc3cccc4cccnc34)cn2)CC1. The van der Waals surface area contributed by atoms with Crippen LogP contribution < -0.4 is 10.2 Å². The maximum atomic E-state index is 12.6. The smallest absolute Gasteiger partial charge is 0.275 e. The Morgan fingerprint density at radius 1 is 0.964 bits per heavy atom. The fourth-order valence-corrected chi connectivity index (χ4v) is 3.24. The Balaban J connectivity index is 1.45. The third-order valence-electron chi connectivity index (χ3n) is 4.80. The lowest BCUT2D eigenvalue weighted by molar-refractivity contribution is -0.129. The van der Waals surface area contributed by atoms with E-state index in [1.165, 1.54) is 6.20 Å². The van der Waals surface area contributed by atoms with Crippen molar-refractivity contribution in [2.24, 2.45) is 0 Å². The Hall–Kier alpha value is -3.55. The average Bonchev–Trinajstić information content (AvgIpc) is 2.74. The minimum atomic E-state index is -0.335. The van der Waals surface area contributed by atoms with Gasteiger partial charge in [-0.3, -0.25) is 14.6 Å². The van der Waals surface area contributed by atoms with Crippen molar-refractivity contribution in [1.82, 2.24) is 19.9 Å². The highest BCUT2D eigenvalue weighted by Crippen LogP contribution is 2.21. The van der Waals surface area contributed by atoms with Gasteiger partial charge >= 0.3 is 0 Å². The number of carbonyl (C=O) groups is 2. The summed E-state index contributed by atoms with van der Waals surface area (Å²) in [4.78, 5) is 40.8. The number of hydrogen-bond donors (Lipinski definition) is 1. The molecule has 1 aliphatic rings. The molecular weight excluding hydrogens is 356 g/mol. The first-order chi connectivity index (χ1) is 13.6. The van der Waals surface area contributed by atoms with Gasteiger partial charge < -0.3 is 15.1 Å². The summed E-state index contributed by atoms with van der Waals surface area (Å²) in [6.45, 7) is 4.29. The van der Waals surface area contributed by atoms with E-state index in [1.54, 1.807) is 19.3 Å². The van der Waals surface area contributed by atoms with Crippen molar-refractivity contribution in [1.29, 1.82) is 0 Å². The molecule has 2 amide bonds. The van der Waals surface area contributed by atoms with Gasteiger partial charge in [-0.25, -0.2) is 9.97 Å². The molecule has 8 heteroatoms. The summed E-state index contributed by atoms with van der Waals surface area (Å²) in [7, 11) is 0. The molecule has 3 aromatic rings. The predicted octanol–water partition coefficient (Wildman–Crippen LogP) is 1.95. The third kappa shape index (κ3) is 3.62. The van der Waals surface area contributed by atoms with Crippen LogP contribution in [0.1, 0.15) is 17.4 Å². The maximum absolute atomic E-state index is 12.6. The summed E-state index contributed by atoms with van der Waals surface area (Å²) in [5.41, 5.74) is 1.60. The number of nitrogens with zero attached hydrogens (tertiary/aromatic N) is 5. The molecule has 28 heavy (non-hydrogen) atoms. The van der Waals surface area contributed by atoms with E-state index in [1.807, 2.05) is 35.2 Å². The zero-order valence-corrected chi connectivity index (χ0v) is 15.5. The molecule has 0 bridgehead atoms. The van der Waals surface area contributed by atoms with Crippen molar-refractivity contribution in [3.8, 4) is 0 Å². The molecule has 142 valence electrons. The van der Waals surface area contributed by atoms with Crippen LogP contribution in [-0.4, -0.2) is 57.8 Å². The summed E-state index contributed by atoms with van der Waals surface area (Å²) in [5, 5.41) is 3.81. The number of carbonyl (C=O) groups excluding carboxylic acids is 2. The van der Waals surface area contributed by atoms with E-state index in [-0.39, 0.29) is 17.5 Å². The zero-order valence-electron chi connectivity index (χ0n) is 15.5. The third-order valence-corrected chi connectivity index (χ3v) is 4.80. The van der Waals surface area contributed by atoms with Gasteiger partial charge in [0.1, 0.15) is 11.5 Å². The molecule has 3 heterocycles. The highest BCUT2D eigenvalue weighted by molar-refractivity contribution is 6.07. The van der Waals surface area contributed by atoms with Crippen molar-refractivity contribution < 1.29 is 9.59 Å². The molecule has 1 aliphatic heterocycles. The van der Waals surface area contributed by atoms with Crippen molar-refractivity contribution in [2.75, 3.05) is 36.4 Å². The Morgan fingerprint density at radius 2 is 1.75 bits per heavy atom. The van der Waals surface area contributed by atoms with Gasteiger partial charge in [0.25, 0.3) is 5.91 Å². The predicted molar refractivity (Wildman–Crippen MR) is 106 cm³/mol. The Labute approximate surface area is 162 Å². The van der Waals surface area contributed by atoms with Gasteiger partial charge in [-0.1, -0.05) is 18.2 Å². The van der Waals surface area contributed by atoms with Gasteiger partial charge in [0, 0.05) is 44.7 Å². The zero-order chi connectivity index (χ0) is 19.5. The summed E-state index contributed by atoms with van der Waals surface area (Å²) in [6, 6.07) is 9.42. The molecule has 4 rings (SSSR count). The molecule has 8 nitrogen and oxygen atoms in total. The lowest BCUT2D eigenvalue weighted by atomic mass is 10.2. The van der Waals surface area contributed by atoms with Crippen LogP contribution in [0.15, 0.2) is 48.9 Å². The molecule has 0 aliphatic carbocycles. The number of piperazine rings is 1. The lowest BCUT2D eigenvalue weighted by Gasteiger charge is -2.34. The number of benzene rings is 1. The number of para-hydroxylation sites is 1. The normalized spacial score (nSPS) is 14.2. The van der Waals surface area contributed by atoms with Crippen LogP contribution >= 0.6 is 0 Å². The van der Waals surface area contributed by atoms with Crippen molar-refractivity contribution >= 4 is 34.2 Å². The van der Waals surface area contributed by atoms with E-state index in [9.17, 15) is 9.59 Å². The number of rotatable bonds is 3. The van der Waals surface area contributed by atoms with Gasteiger partial charge in [0.05, 0.1) is 23.6 Å².